The summed E-state index contributed by atoms with van der Waals surface area (Å²) >= 11 is 0. The molecule has 0 saturated carbocycles. The van der Waals surface area contributed by atoms with Gasteiger partial charge in [0.15, 0.2) is 0 Å². The van der Waals surface area contributed by atoms with E-state index < -0.39 is 10.0 Å². The molecule has 0 aliphatic carbocycles. The average molecular weight is 340 g/mol. The van der Waals surface area contributed by atoms with Gasteiger partial charge in [0.1, 0.15) is 5.75 Å². The number of aromatic hydroxyl groups is 1. The molecule has 1 amide bonds. The fourth-order valence-corrected chi connectivity index (χ4v) is 4.01. The van der Waals surface area contributed by atoms with E-state index in [-0.39, 0.29) is 23.5 Å². The Morgan fingerprint density at radius 1 is 1.39 bits per heavy atom. The highest BCUT2D eigenvalue weighted by molar-refractivity contribution is 7.88. The molecule has 2 N–H and O–H groups in total. The van der Waals surface area contributed by atoms with Gasteiger partial charge in [0, 0.05) is 31.3 Å². The van der Waals surface area contributed by atoms with Gasteiger partial charge < -0.3 is 10.4 Å². The average Bonchev–Trinajstić information content (AvgIpc) is 2.46. The largest absolute Gasteiger partial charge is 0.508 e. The van der Waals surface area contributed by atoms with Gasteiger partial charge in [0.05, 0.1) is 6.26 Å². The molecule has 2 rings (SSSR count). The van der Waals surface area contributed by atoms with Crippen molar-refractivity contribution >= 4 is 21.6 Å². The molecule has 128 valence electrons. The highest BCUT2D eigenvalue weighted by Crippen LogP contribution is 2.30. The standard InChI is InChI=1S/C16H24N2O4S/c1-3-12-11-18(23(2,21)22)8-7-13(12)9-16(20)17-14-5-4-6-15(19)10-14/h4-6,10,12-13,19H,3,7-9,11H2,1-2H3,(H,17,20)/t12-,13-/m0/s1. The molecule has 7 heteroatoms. The molecule has 1 saturated heterocycles. The maximum Gasteiger partial charge on any atom is 0.224 e. The predicted octanol–water partition coefficient (Wildman–Crippen LogP) is 2.03. The molecule has 1 heterocycles. The third kappa shape index (κ3) is 4.94. The van der Waals surface area contributed by atoms with Crippen LogP contribution in [-0.4, -0.2) is 43.1 Å². The van der Waals surface area contributed by atoms with Gasteiger partial charge in [-0.3, -0.25) is 4.79 Å². The van der Waals surface area contributed by atoms with Gasteiger partial charge in [-0.1, -0.05) is 19.4 Å². The van der Waals surface area contributed by atoms with E-state index in [1.807, 2.05) is 6.92 Å². The zero-order valence-electron chi connectivity index (χ0n) is 13.5. The number of hydrogen-bond donors (Lipinski definition) is 2. The highest BCUT2D eigenvalue weighted by atomic mass is 32.2. The van der Waals surface area contributed by atoms with Gasteiger partial charge in [-0.2, -0.15) is 0 Å². The topological polar surface area (TPSA) is 86.7 Å². The minimum Gasteiger partial charge on any atom is -0.508 e. The molecule has 0 spiro atoms. The quantitative estimate of drug-likeness (QED) is 0.858. The Hall–Kier alpha value is -1.60. The lowest BCUT2D eigenvalue weighted by atomic mass is 9.82. The number of sulfonamides is 1. The van der Waals surface area contributed by atoms with Gasteiger partial charge in [-0.15, -0.1) is 0 Å². The van der Waals surface area contributed by atoms with Crippen LogP contribution in [0.3, 0.4) is 0 Å². The highest BCUT2D eigenvalue weighted by Gasteiger charge is 2.33. The number of benzene rings is 1. The van der Waals surface area contributed by atoms with Crippen molar-refractivity contribution in [2.24, 2.45) is 11.8 Å². The Bertz CT molecular complexity index is 660. The van der Waals surface area contributed by atoms with Crippen LogP contribution in [0.4, 0.5) is 5.69 Å². The fraction of sp³-hybridized carbons (Fsp3) is 0.562. The summed E-state index contributed by atoms with van der Waals surface area (Å²) in [5, 5.41) is 12.2. The fourth-order valence-electron chi connectivity index (χ4n) is 3.11. The van der Waals surface area contributed by atoms with Gasteiger partial charge in [-0.05, 0) is 30.4 Å². The van der Waals surface area contributed by atoms with Crippen molar-refractivity contribution in [3.63, 3.8) is 0 Å². The number of phenols is 1. The Kier molecular flexibility index (Phi) is 5.64. The minimum atomic E-state index is -3.17. The lowest BCUT2D eigenvalue weighted by Gasteiger charge is -2.36. The van der Waals surface area contributed by atoms with Crippen LogP contribution < -0.4 is 5.32 Å². The van der Waals surface area contributed by atoms with Crippen LogP contribution in [0.5, 0.6) is 5.75 Å². The van der Waals surface area contributed by atoms with Crippen molar-refractivity contribution in [2.45, 2.75) is 26.2 Å². The van der Waals surface area contributed by atoms with E-state index in [9.17, 15) is 18.3 Å². The summed E-state index contributed by atoms with van der Waals surface area (Å²) in [5.74, 6) is 0.367. The first-order valence-corrected chi connectivity index (χ1v) is 9.68. The molecule has 23 heavy (non-hydrogen) atoms. The molecule has 1 aliphatic rings. The van der Waals surface area contributed by atoms with E-state index >= 15 is 0 Å². The van der Waals surface area contributed by atoms with Crippen LogP contribution >= 0.6 is 0 Å². The van der Waals surface area contributed by atoms with E-state index in [0.29, 0.717) is 31.6 Å². The van der Waals surface area contributed by atoms with Crippen LogP contribution in [0.25, 0.3) is 0 Å². The SMILES string of the molecule is CC[C@H]1CN(S(C)(=O)=O)CC[C@H]1CC(=O)Nc1cccc(O)c1. The molecule has 1 aromatic carbocycles. The summed E-state index contributed by atoms with van der Waals surface area (Å²) in [6.07, 6.45) is 3.13. The minimum absolute atomic E-state index is 0.105. The zero-order chi connectivity index (χ0) is 17.0. The Labute approximate surface area is 137 Å². The number of hydrogen-bond acceptors (Lipinski definition) is 4. The Morgan fingerprint density at radius 2 is 2.13 bits per heavy atom. The van der Waals surface area contributed by atoms with Crippen molar-refractivity contribution < 1.29 is 18.3 Å². The molecule has 1 aromatic rings. The van der Waals surface area contributed by atoms with Gasteiger partial charge in [0.2, 0.25) is 15.9 Å². The second-order valence-electron chi connectivity index (χ2n) is 6.14. The summed E-state index contributed by atoms with van der Waals surface area (Å²) < 4.78 is 24.9. The smallest absolute Gasteiger partial charge is 0.224 e. The molecule has 1 aliphatic heterocycles. The number of anilines is 1. The van der Waals surface area contributed by atoms with E-state index in [1.165, 1.54) is 16.6 Å². The molecule has 1 fully saturated rings. The van der Waals surface area contributed by atoms with Gasteiger partial charge >= 0.3 is 0 Å². The summed E-state index contributed by atoms with van der Waals surface area (Å²) in [6.45, 7) is 2.98. The Morgan fingerprint density at radius 3 is 2.74 bits per heavy atom. The first-order valence-electron chi connectivity index (χ1n) is 7.83. The number of carbonyl (C=O) groups is 1. The lowest BCUT2D eigenvalue weighted by Crippen LogP contribution is -2.43. The van der Waals surface area contributed by atoms with E-state index in [4.69, 9.17) is 0 Å². The first kappa shape index (κ1) is 17.7. The molecule has 0 bridgehead atoms. The normalized spacial score (nSPS) is 22.7. The Balaban J connectivity index is 1.95. The number of nitrogens with zero attached hydrogens (tertiary/aromatic N) is 1. The van der Waals surface area contributed by atoms with E-state index in [1.54, 1.807) is 18.2 Å². The third-order valence-electron chi connectivity index (χ3n) is 4.42. The number of nitrogens with one attached hydrogen (secondary N) is 1. The predicted molar refractivity (Wildman–Crippen MR) is 89.7 cm³/mol. The monoisotopic (exact) mass is 340 g/mol. The summed E-state index contributed by atoms with van der Waals surface area (Å²) in [6, 6.07) is 6.44. The van der Waals surface area contributed by atoms with Gasteiger partial charge in [-0.25, -0.2) is 12.7 Å². The van der Waals surface area contributed by atoms with Crippen LogP contribution in [0.15, 0.2) is 24.3 Å². The van der Waals surface area contributed by atoms with Crippen molar-refractivity contribution in [3.8, 4) is 5.75 Å². The van der Waals surface area contributed by atoms with Crippen molar-refractivity contribution in [2.75, 3.05) is 24.7 Å². The van der Waals surface area contributed by atoms with Crippen molar-refractivity contribution in [1.29, 1.82) is 0 Å². The summed E-state index contributed by atoms with van der Waals surface area (Å²) in [5.41, 5.74) is 0.566. The lowest BCUT2D eigenvalue weighted by molar-refractivity contribution is -0.117. The number of phenolic OH excluding ortho intramolecular Hbond substituents is 1. The third-order valence-corrected chi connectivity index (χ3v) is 5.69. The van der Waals surface area contributed by atoms with Crippen molar-refractivity contribution in [3.05, 3.63) is 24.3 Å². The van der Waals surface area contributed by atoms with Crippen LogP contribution in [-0.2, 0) is 14.8 Å². The van der Waals surface area contributed by atoms with E-state index in [0.717, 1.165) is 6.42 Å². The molecular weight excluding hydrogens is 316 g/mol. The van der Waals surface area contributed by atoms with Crippen LogP contribution in [0.2, 0.25) is 0 Å². The summed E-state index contributed by atoms with van der Waals surface area (Å²) in [4.78, 5) is 12.2. The second kappa shape index (κ2) is 7.31. The number of amides is 1. The number of rotatable bonds is 5. The summed E-state index contributed by atoms with van der Waals surface area (Å²) in [7, 11) is -3.17. The second-order valence-corrected chi connectivity index (χ2v) is 8.12. The molecule has 0 unspecified atom stereocenters. The number of piperidine rings is 1. The van der Waals surface area contributed by atoms with Crippen LogP contribution in [0, 0.1) is 11.8 Å². The number of carbonyl (C=O) groups excluding carboxylic acids is 1. The zero-order valence-corrected chi connectivity index (χ0v) is 14.3. The maximum absolute atomic E-state index is 12.2. The van der Waals surface area contributed by atoms with Crippen LogP contribution in [0.1, 0.15) is 26.2 Å². The van der Waals surface area contributed by atoms with Gasteiger partial charge in [0.25, 0.3) is 0 Å². The molecule has 0 aromatic heterocycles. The molecule has 6 nitrogen and oxygen atoms in total. The maximum atomic E-state index is 12.2. The molecular formula is C16H24N2O4S. The molecule has 0 radical (unpaired) electrons. The van der Waals surface area contributed by atoms with E-state index in [2.05, 4.69) is 5.32 Å². The molecule has 2 atom stereocenters. The van der Waals surface area contributed by atoms with Crippen molar-refractivity contribution in [1.82, 2.24) is 4.31 Å². The first-order chi connectivity index (χ1) is 10.8.